The van der Waals surface area contributed by atoms with Gasteiger partial charge in [-0.05, 0) is 18.2 Å². The Morgan fingerprint density at radius 1 is 1.24 bits per heavy atom. The summed E-state index contributed by atoms with van der Waals surface area (Å²) >= 11 is 0.932. The number of nitrogens with zero attached hydrogens (tertiary/aromatic N) is 1. The Morgan fingerprint density at radius 2 is 2.00 bits per heavy atom. The van der Waals surface area contributed by atoms with Gasteiger partial charge in [-0.3, -0.25) is 4.79 Å². The van der Waals surface area contributed by atoms with Crippen molar-refractivity contribution in [3.63, 3.8) is 0 Å². The van der Waals surface area contributed by atoms with Crippen molar-refractivity contribution in [3.8, 4) is 11.3 Å². The highest BCUT2D eigenvalue weighted by atomic mass is 32.2. The largest absolute Gasteiger partial charge is 0.417 e. The van der Waals surface area contributed by atoms with Crippen LogP contribution in [0.1, 0.15) is 5.56 Å². The van der Waals surface area contributed by atoms with Crippen LogP contribution in [0.15, 0.2) is 40.0 Å². The molecule has 1 heterocycles. The SMILES string of the molecule is O=c1ccc(-c2ccc(SCCO)c(C(F)(F)F)c2)n[nH]1. The number of H-pyrrole nitrogens is 1. The van der Waals surface area contributed by atoms with Crippen LogP contribution in [0.4, 0.5) is 13.2 Å². The van der Waals surface area contributed by atoms with E-state index in [0.29, 0.717) is 0 Å². The minimum Gasteiger partial charge on any atom is -0.396 e. The van der Waals surface area contributed by atoms with E-state index in [1.165, 1.54) is 24.3 Å². The van der Waals surface area contributed by atoms with Crippen LogP contribution in [0, 0.1) is 0 Å². The summed E-state index contributed by atoms with van der Waals surface area (Å²) < 4.78 is 39.2. The maximum atomic E-state index is 13.1. The molecule has 0 aliphatic heterocycles. The number of hydrogen-bond donors (Lipinski definition) is 2. The smallest absolute Gasteiger partial charge is 0.396 e. The Kier molecular flexibility index (Phi) is 4.69. The van der Waals surface area contributed by atoms with Crippen molar-refractivity contribution in [2.24, 2.45) is 0 Å². The first-order valence-corrected chi connectivity index (χ1v) is 6.91. The third-order valence-electron chi connectivity index (χ3n) is 2.61. The molecule has 8 heteroatoms. The predicted octanol–water partition coefficient (Wildman–Crippen LogP) is 2.54. The van der Waals surface area contributed by atoms with Crippen LogP contribution >= 0.6 is 11.8 Å². The molecule has 0 atom stereocenters. The topological polar surface area (TPSA) is 66.0 Å². The fourth-order valence-electron chi connectivity index (χ4n) is 1.70. The van der Waals surface area contributed by atoms with Crippen LogP contribution in [0.25, 0.3) is 11.3 Å². The van der Waals surface area contributed by atoms with Crippen LogP contribution < -0.4 is 5.56 Å². The Hall–Kier alpha value is -1.80. The summed E-state index contributed by atoms with van der Waals surface area (Å²) in [5, 5.41) is 14.6. The van der Waals surface area contributed by atoms with Gasteiger partial charge in [0.2, 0.25) is 0 Å². The van der Waals surface area contributed by atoms with Gasteiger partial charge in [-0.2, -0.15) is 18.3 Å². The molecule has 0 unspecified atom stereocenters. The quantitative estimate of drug-likeness (QED) is 0.851. The number of nitrogens with one attached hydrogen (secondary N) is 1. The Bertz CT molecular complexity index is 665. The maximum absolute atomic E-state index is 13.1. The second kappa shape index (κ2) is 6.31. The zero-order chi connectivity index (χ0) is 15.5. The number of thioether (sulfide) groups is 1. The fraction of sp³-hybridized carbons (Fsp3) is 0.231. The molecule has 0 radical (unpaired) electrons. The molecule has 112 valence electrons. The zero-order valence-electron chi connectivity index (χ0n) is 10.6. The summed E-state index contributed by atoms with van der Waals surface area (Å²) in [5.74, 6) is 0.180. The summed E-state index contributed by atoms with van der Waals surface area (Å²) in [5.41, 5.74) is -0.706. The van der Waals surface area contributed by atoms with E-state index in [0.717, 1.165) is 17.8 Å². The summed E-state index contributed by atoms with van der Waals surface area (Å²) in [6.45, 7) is -0.203. The lowest BCUT2D eigenvalue weighted by Crippen LogP contribution is -2.09. The second-order valence-electron chi connectivity index (χ2n) is 4.09. The van der Waals surface area contributed by atoms with Gasteiger partial charge in [0.1, 0.15) is 0 Å². The number of aromatic nitrogens is 2. The molecule has 0 aliphatic carbocycles. The average Bonchev–Trinajstić information content (AvgIpc) is 2.45. The Labute approximate surface area is 122 Å². The summed E-state index contributed by atoms with van der Waals surface area (Å²) in [6, 6.07) is 6.38. The number of halogens is 3. The molecule has 1 aromatic heterocycles. The molecule has 0 saturated carbocycles. The van der Waals surface area contributed by atoms with Crippen LogP contribution in [0.5, 0.6) is 0 Å². The lowest BCUT2D eigenvalue weighted by Gasteiger charge is -2.13. The highest BCUT2D eigenvalue weighted by Gasteiger charge is 2.33. The standard InChI is InChI=1S/C13H11F3N2O2S/c14-13(15,16)9-7-8(1-3-11(9)21-6-5-19)10-2-4-12(20)18-17-10/h1-4,7,19H,5-6H2,(H,18,20). The van der Waals surface area contributed by atoms with Gasteiger partial charge in [0.25, 0.3) is 5.56 Å². The first kappa shape index (κ1) is 15.6. The third-order valence-corrected chi connectivity index (χ3v) is 3.66. The molecule has 2 N–H and O–H groups in total. The van der Waals surface area contributed by atoms with Gasteiger partial charge in [0.05, 0.1) is 17.9 Å². The number of rotatable bonds is 4. The summed E-state index contributed by atoms with van der Waals surface area (Å²) in [6.07, 6.45) is -4.50. The van der Waals surface area contributed by atoms with E-state index in [4.69, 9.17) is 5.11 Å². The van der Waals surface area contributed by atoms with Crippen molar-refractivity contribution in [2.45, 2.75) is 11.1 Å². The van der Waals surface area contributed by atoms with Crippen molar-refractivity contribution in [3.05, 3.63) is 46.2 Å². The van der Waals surface area contributed by atoms with Crippen LogP contribution in [-0.2, 0) is 6.18 Å². The first-order chi connectivity index (χ1) is 9.91. The van der Waals surface area contributed by atoms with E-state index in [1.807, 2.05) is 0 Å². The molecule has 2 aromatic rings. The van der Waals surface area contributed by atoms with Crippen LogP contribution in [0.2, 0.25) is 0 Å². The number of benzene rings is 1. The van der Waals surface area contributed by atoms with E-state index in [1.54, 1.807) is 0 Å². The second-order valence-corrected chi connectivity index (χ2v) is 5.22. The minimum absolute atomic E-state index is 0.0460. The molecule has 4 nitrogen and oxygen atoms in total. The molecule has 0 spiro atoms. The van der Waals surface area contributed by atoms with Gasteiger partial charge >= 0.3 is 6.18 Å². The molecule has 0 bridgehead atoms. The first-order valence-electron chi connectivity index (χ1n) is 5.93. The highest BCUT2D eigenvalue weighted by Crippen LogP contribution is 2.38. The minimum atomic E-state index is -4.50. The van der Waals surface area contributed by atoms with Gasteiger partial charge in [0.15, 0.2) is 0 Å². The molecule has 1 aromatic carbocycles. The van der Waals surface area contributed by atoms with E-state index in [2.05, 4.69) is 10.2 Å². The van der Waals surface area contributed by atoms with Crippen molar-refractivity contribution in [2.75, 3.05) is 12.4 Å². The summed E-state index contributed by atoms with van der Waals surface area (Å²) in [4.78, 5) is 11.0. The number of aromatic amines is 1. The van der Waals surface area contributed by atoms with Gasteiger partial charge in [-0.15, -0.1) is 11.8 Å². The Balaban J connectivity index is 2.46. The molecular formula is C13H11F3N2O2S. The number of alkyl halides is 3. The van der Waals surface area contributed by atoms with Crippen molar-refractivity contribution in [1.82, 2.24) is 10.2 Å². The van der Waals surface area contributed by atoms with Gasteiger partial charge in [0, 0.05) is 22.3 Å². The van der Waals surface area contributed by atoms with Gasteiger partial charge in [-0.25, -0.2) is 5.10 Å². The van der Waals surface area contributed by atoms with Gasteiger partial charge in [-0.1, -0.05) is 6.07 Å². The van der Waals surface area contributed by atoms with E-state index < -0.39 is 17.3 Å². The zero-order valence-corrected chi connectivity index (χ0v) is 11.5. The van der Waals surface area contributed by atoms with Crippen molar-refractivity contribution < 1.29 is 18.3 Å². The molecule has 0 aliphatic rings. The number of hydrogen-bond acceptors (Lipinski definition) is 4. The van der Waals surface area contributed by atoms with Crippen molar-refractivity contribution >= 4 is 11.8 Å². The van der Waals surface area contributed by atoms with Crippen molar-refractivity contribution in [1.29, 1.82) is 0 Å². The van der Waals surface area contributed by atoms with E-state index in [-0.39, 0.29) is 28.5 Å². The van der Waals surface area contributed by atoms with E-state index >= 15 is 0 Å². The fourth-order valence-corrected chi connectivity index (χ4v) is 2.50. The lowest BCUT2D eigenvalue weighted by molar-refractivity contribution is -0.139. The molecule has 2 rings (SSSR count). The molecule has 0 saturated heterocycles. The van der Waals surface area contributed by atoms with E-state index in [9.17, 15) is 18.0 Å². The van der Waals surface area contributed by atoms with Crippen LogP contribution in [-0.4, -0.2) is 27.7 Å². The molecule has 0 amide bonds. The molecular weight excluding hydrogens is 305 g/mol. The number of aliphatic hydroxyl groups is 1. The summed E-state index contributed by atoms with van der Waals surface area (Å²) in [7, 11) is 0. The molecule has 21 heavy (non-hydrogen) atoms. The lowest BCUT2D eigenvalue weighted by atomic mass is 10.1. The third kappa shape index (κ3) is 3.85. The Morgan fingerprint density at radius 3 is 2.57 bits per heavy atom. The number of aliphatic hydroxyl groups excluding tert-OH is 1. The predicted molar refractivity (Wildman–Crippen MR) is 73.1 cm³/mol. The monoisotopic (exact) mass is 316 g/mol. The normalized spacial score (nSPS) is 11.6. The maximum Gasteiger partial charge on any atom is 0.417 e. The van der Waals surface area contributed by atoms with Gasteiger partial charge < -0.3 is 5.11 Å². The molecule has 0 fully saturated rings. The average molecular weight is 316 g/mol. The van der Waals surface area contributed by atoms with Crippen LogP contribution in [0.3, 0.4) is 0 Å². The highest BCUT2D eigenvalue weighted by molar-refractivity contribution is 7.99.